The Bertz CT molecular complexity index is 1110. The van der Waals surface area contributed by atoms with Gasteiger partial charge in [0.1, 0.15) is 18.5 Å². The summed E-state index contributed by atoms with van der Waals surface area (Å²) in [6, 6.07) is 1.17. The van der Waals surface area contributed by atoms with Crippen molar-refractivity contribution in [3.05, 3.63) is 0 Å². The zero-order chi connectivity index (χ0) is 45.4. The van der Waals surface area contributed by atoms with Crippen molar-refractivity contribution in [2.75, 3.05) is 68.1 Å². The molecule has 1 aliphatic carbocycles. The van der Waals surface area contributed by atoms with E-state index in [4.69, 9.17) is 45.5 Å². The minimum atomic E-state index is -3.04. The van der Waals surface area contributed by atoms with Crippen LogP contribution in [-0.4, -0.2) is 115 Å². The third-order valence-electron chi connectivity index (χ3n) is 14.0. The largest absolute Gasteiger partial charge is 0.567 e. The van der Waals surface area contributed by atoms with Crippen molar-refractivity contribution in [1.29, 1.82) is 0 Å². The lowest BCUT2D eigenvalue weighted by Gasteiger charge is -2.44. The predicted molar refractivity (Wildman–Crippen MR) is 253 cm³/mol. The van der Waals surface area contributed by atoms with Crippen LogP contribution in [0.4, 0.5) is 0 Å². The Kier molecular flexibility index (Phi) is 31.3. The van der Waals surface area contributed by atoms with Crippen LogP contribution in [-0.2, 0) is 50.3 Å². The number of hydrogen-bond acceptors (Lipinski definition) is 12. The Morgan fingerprint density at radius 2 is 1.00 bits per heavy atom. The molecule has 0 radical (unpaired) electrons. The minimum absolute atomic E-state index is 0.212. The smallest absolute Gasteiger partial charge is 0.473 e. The Hall–Kier alpha value is -0.496. The van der Waals surface area contributed by atoms with Crippen LogP contribution in [0.25, 0.3) is 0 Å². The Morgan fingerprint density at radius 1 is 0.571 bits per heavy atom. The van der Waals surface area contributed by atoms with Crippen molar-refractivity contribution >= 4 is 23.6 Å². The molecular weight excluding hydrogens is 837 g/mol. The number of carbonyl (C=O) groups is 1. The van der Waals surface area contributed by atoms with Gasteiger partial charge in [0.2, 0.25) is 0 Å². The molecule has 14 heteroatoms. The first-order valence-corrected chi connectivity index (χ1v) is 29.8. The average Bonchev–Trinajstić information content (AvgIpc) is 4.24. The standard InChI is InChI=1S/C49H96O12Si2/c1-7-9-11-13-20-28-46-42(26-18-10-8-2)32-33-43(27-19-16-17-23-31-49(51)61-63(54-5,55-6)37-25-35-57-39-45-41-59-45)47(46)29-21-14-12-15-22-30-48(50)60-62(52-3,53-4)36-24-34-56-38-44-40-58-44/h42-47,49,51H,7-41H2,1-6H3/t42?,43?,44?,45?,46?,47?,49-/m0/s1. The van der Waals surface area contributed by atoms with E-state index in [0.29, 0.717) is 51.4 Å². The van der Waals surface area contributed by atoms with E-state index in [0.717, 1.165) is 81.8 Å². The summed E-state index contributed by atoms with van der Waals surface area (Å²) >= 11 is 0. The molecule has 7 atom stereocenters. The molecule has 63 heavy (non-hydrogen) atoms. The summed E-state index contributed by atoms with van der Waals surface area (Å²) in [4.78, 5) is 12.9. The molecule has 0 amide bonds. The second-order valence-electron chi connectivity index (χ2n) is 18.9. The first kappa shape index (κ1) is 56.8. The second kappa shape index (κ2) is 34.7. The van der Waals surface area contributed by atoms with Crippen LogP contribution in [0.5, 0.6) is 0 Å². The van der Waals surface area contributed by atoms with Crippen molar-refractivity contribution in [2.24, 2.45) is 23.7 Å². The molecule has 6 unspecified atom stereocenters. The molecule has 0 aromatic rings. The van der Waals surface area contributed by atoms with Crippen LogP contribution in [0.15, 0.2) is 0 Å². The van der Waals surface area contributed by atoms with Gasteiger partial charge in [-0.1, -0.05) is 123 Å². The lowest BCUT2D eigenvalue weighted by Crippen LogP contribution is -2.47. The molecule has 3 rings (SSSR count). The van der Waals surface area contributed by atoms with Crippen LogP contribution >= 0.6 is 0 Å². The molecular formula is C49H96O12Si2. The van der Waals surface area contributed by atoms with Crippen molar-refractivity contribution in [2.45, 2.75) is 218 Å². The minimum Gasteiger partial charge on any atom is -0.473 e. The molecule has 2 aliphatic heterocycles. The molecule has 12 nitrogen and oxygen atoms in total. The maximum Gasteiger partial charge on any atom is 0.567 e. The Balaban J connectivity index is 1.43. The summed E-state index contributed by atoms with van der Waals surface area (Å²) in [5.41, 5.74) is 0. The number of ether oxygens (including phenoxy) is 4. The first-order valence-electron chi connectivity index (χ1n) is 25.9. The second-order valence-corrected chi connectivity index (χ2v) is 24.7. The van der Waals surface area contributed by atoms with Crippen LogP contribution in [0.3, 0.4) is 0 Å². The summed E-state index contributed by atoms with van der Waals surface area (Å²) in [5.74, 6) is 3.17. The molecule has 372 valence electrons. The lowest BCUT2D eigenvalue weighted by molar-refractivity contribution is -0.139. The maximum atomic E-state index is 12.9. The lowest BCUT2D eigenvalue weighted by atomic mass is 9.61. The summed E-state index contributed by atoms with van der Waals surface area (Å²) in [6.45, 7) is 8.64. The molecule has 1 saturated carbocycles. The fourth-order valence-corrected chi connectivity index (χ4v) is 13.8. The summed E-state index contributed by atoms with van der Waals surface area (Å²) < 4.78 is 56.5. The van der Waals surface area contributed by atoms with Gasteiger partial charge in [-0.05, 0) is 81.5 Å². The summed E-state index contributed by atoms with van der Waals surface area (Å²) in [5, 5.41) is 10.8. The molecule has 0 aromatic heterocycles. The number of aliphatic hydroxyl groups excluding tert-OH is 1. The highest BCUT2D eigenvalue weighted by atomic mass is 28.4. The monoisotopic (exact) mass is 933 g/mol. The molecule has 3 aliphatic rings. The van der Waals surface area contributed by atoms with Gasteiger partial charge in [-0.3, -0.25) is 4.79 Å². The Morgan fingerprint density at radius 3 is 1.51 bits per heavy atom. The van der Waals surface area contributed by atoms with E-state index in [2.05, 4.69) is 13.8 Å². The highest BCUT2D eigenvalue weighted by Crippen LogP contribution is 2.48. The van der Waals surface area contributed by atoms with E-state index in [1.807, 2.05) is 0 Å². The van der Waals surface area contributed by atoms with Crippen molar-refractivity contribution in [3.63, 3.8) is 0 Å². The van der Waals surface area contributed by atoms with Gasteiger partial charge >= 0.3 is 17.6 Å². The highest BCUT2D eigenvalue weighted by molar-refractivity contribution is 6.62. The van der Waals surface area contributed by atoms with Gasteiger partial charge in [-0.15, -0.1) is 0 Å². The number of carbonyl (C=O) groups excluding carboxylic acids is 1. The third kappa shape index (κ3) is 24.9. The molecule has 3 fully saturated rings. The summed E-state index contributed by atoms with van der Waals surface area (Å²) in [7, 11) is 0.410. The quantitative estimate of drug-likeness (QED) is 0.0269. The van der Waals surface area contributed by atoms with Crippen LogP contribution in [0.2, 0.25) is 12.1 Å². The number of hydrogen-bond donors (Lipinski definition) is 1. The number of unbranched alkanes of at least 4 members (excludes halogenated alkanes) is 13. The zero-order valence-corrected chi connectivity index (χ0v) is 43.2. The SMILES string of the molecule is CCCCCCCC1C(CCCCC)CCC(CCCCCC[C@@H](O)O[Si](CCCOCC2CO2)(OC)OC)C1CCCCCCCC(=O)O[Si](CCCOCC1CO1)(OC)OC. The zero-order valence-electron chi connectivity index (χ0n) is 41.2. The van der Waals surface area contributed by atoms with E-state index >= 15 is 0 Å². The van der Waals surface area contributed by atoms with E-state index in [1.54, 1.807) is 28.4 Å². The number of aliphatic hydroxyl groups is 1. The molecule has 1 N–H and O–H groups in total. The highest BCUT2D eigenvalue weighted by Gasteiger charge is 2.43. The number of epoxide rings is 2. The molecule has 2 heterocycles. The van der Waals surface area contributed by atoms with Gasteiger partial charge in [-0.2, -0.15) is 0 Å². The van der Waals surface area contributed by atoms with Crippen LogP contribution < -0.4 is 0 Å². The van der Waals surface area contributed by atoms with Crippen LogP contribution in [0, 0.1) is 23.7 Å². The Labute approximate surface area is 387 Å². The van der Waals surface area contributed by atoms with Gasteiger partial charge in [-0.25, -0.2) is 0 Å². The normalized spacial score (nSPS) is 23.0. The van der Waals surface area contributed by atoms with E-state index in [9.17, 15) is 9.90 Å². The van der Waals surface area contributed by atoms with E-state index in [1.165, 1.54) is 116 Å². The first-order chi connectivity index (χ1) is 30.8. The third-order valence-corrected chi connectivity index (χ3v) is 19.6. The fourth-order valence-electron chi connectivity index (χ4n) is 9.97. The van der Waals surface area contributed by atoms with Crippen molar-refractivity contribution in [3.8, 4) is 0 Å². The van der Waals surface area contributed by atoms with E-state index in [-0.39, 0.29) is 18.2 Å². The topological polar surface area (TPSA) is 136 Å². The number of rotatable bonds is 44. The maximum absolute atomic E-state index is 12.9. The van der Waals surface area contributed by atoms with Gasteiger partial charge in [0.05, 0.1) is 26.4 Å². The molecule has 0 bridgehead atoms. The van der Waals surface area contributed by atoms with Crippen molar-refractivity contribution < 1.29 is 55.4 Å². The predicted octanol–water partition coefficient (Wildman–Crippen LogP) is 11.2. The van der Waals surface area contributed by atoms with Gasteiger partial charge in [0.15, 0.2) is 0 Å². The van der Waals surface area contributed by atoms with E-state index < -0.39 is 23.9 Å². The van der Waals surface area contributed by atoms with Gasteiger partial charge in [0, 0.05) is 60.2 Å². The van der Waals surface area contributed by atoms with Crippen molar-refractivity contribution in [1.82, 2.24) is 0 Å². The molecule has 2 saturated heterocycles. The van der Waals surface area contributed by atoms with Gasteiger partial charge in [0.25, 0.3) is 5.97 Å². The average molecular weight is 933 g/mol. The fraction of sp³-hybridized carbons (Fsp3) is 0.980. The van der Waals surface area contributed by atoms with Gasteiger partial charge < -0.3 is 50.6 Å². The summed E-state index contributed by atoms with van der Waals surface area (Å²) in [6.07, 6.45) is 31.3. The molecule has 0 aromatic carbocycles. The van der Waals surface area contributed by atoms with Crippen LogP contribution in [0.1, 0.15) is 187 Å². The molecule has 0 spiro atoms.